The highest BCUT2D eigenvalue weighted by molar-refractivity contribution is 6.30. The number of hydrogen-bond donors (Lipinski definition) is 0. The highest BCUT2D eigenvalue weighted by atomic mass is 35.5. The summed E-state index contributed by atoms with van der Waals surface area (Å²) in [5.74, 6) is 1.34. The van der Waals surface area contributed by atoms with Crippen molar-refractivity contribution in [1.82, 2.24) is 14.5 Å². The van der Waals surface area contributed by atoms with E-state index < -0.39 is 0 Å². The molecule has 2 aromatic carbocycles. The van der Waals surface area contributed by atoms with Crippen LogP contribution in [0.5, 0.6) is 5.75 Å². The van der Waals surface area contributed by atoms with Crippen molar-refractivity contribution in [3.8, 4) is 5.75 Å². The Bertz CT molecular complexity index is 969. The highest BCUT2D eigenvalue weighted by Gasteiger charge is 2.17. The molecule has 0 unspecified atom stereocenters. The number of carbonyl (C=O) groups excluding carboxylic acids is 1. The van der Waals surface area contributed by atoms with Crippen molar-refractivity contribution in [2.45, 2.75) is 13.2 Å². The minimum Gasteiger partial charge on any atom is -0.486 e. The number of aromatic nitrogens is 2. The lowest BCUT2D eigenvalue weighted by Gasteiger charge is -2.20. The van der Waals surface area contributed by atoms with E-state index in [0.717, 1.165) is 11.0 Å². The summed E-state index contributed by atoms with van der Waals surface area (Å²) in [6.45, 7) is 8.79. The second-order valence-electron chi connectivity index (χ2n) is 6.22. The van der Waals surface area contributed by atoms with E-state index in [4.69, 9.17) is 16.3 Å². The van der Waals surface area contributed by atoms with E-state index in [2.05, 4.69) is 18.1 Å². The third-order valence-corrected chi connectivity index (χ3v) is 4.51. The van der Waals surface area contributed by atoms with Gasteiger partial charge < -0.3 is 14.2 Å². The van der Waals surface area contributed by atoms with Crippen LogP contribution in [0.15, 0.2) is 73.8 Å². The molecular formula is C22H22ClN3O2. The first-order valence-corrected chi connectivity index (χ1v) is 9.32. The van der Waals surface area contributed by atoms with Crippen molar-refractivity contribution in [1.29, 1.82) is 0 Å². The summed E-state index contributed by atoms with van der Waals surface area (Å²) < 4.78 is 7.75. The Hall–Kier alpha value is -3.05. The van der Waals surface area contributed by atoms with E-state index in [-0.39, 0.29) is 19.1 Å². The van der Waals surface area contributed by atoms with E-state index in [1.807, 2.05) is 28.8 Å². The maximum absolute atomic E-state index is 12.8. The lowest BCUT2D eigenvalue weighted by molar-refractivity contribution is -0.130. The topological polar surface area (TPSA) is 47.4 Å². The van der Waals surface area contributed by atoms with Gasteiger partial charge in [0.15, 0.2) is 0 Å². The molecule has 1 amide bonds. The predicted molar refractivity (Wildman–Crippen MR) is 112 cm³/mol. The number of hydrogen-bond acceptors (Lipinski definition) is 3. The number of benzene rings is 2. The summed E-state index contributed by atoms with van der Waals surface area (Å²) in [5.41, 5.74) is 1.71. The molecule has 0 saturated carbocycles. The summed E-state index contributed by atoms with van der Waals surface area (Å²) in [5, 5.41) is 0.648. The normalized spacial score (nSPS) is 10.6. The number of fused-ring (bicyclic) bond motifs is 1. The summed E-state index contributed by atoms with van der Waals surface area (Å²) in [6.07, 6.45) is 3.41. The molecule has 0 atom stereocenters. The molecule has 3 rings (SSSR count). The Labute approximate surface area is 169 Å². The lowest BCUT2D eigenvalue weighted by atomic mass is 10.3. The Morgan fingerprint density at radius 2 is 1.79 bits per heavy atom. The van der Waals surface area contributed by atoms with Crippen LogP contribution in [0, 0.1) is 0 Å². The summed E-state index contributed by atoms with van der Waals surface area (Å²) in [4.78, 5) is 19.2. The van der Waals surface area contributed by atoms with Crippen LogP contribution < -0.4 is 4.74 Å². The maximum Gasteiger partial charge on any atom is 0.243 e. The van der Waals surface area contributed by atoms with E-state index in [1.165, 1.54) is 0 Å². The number of halogens is 1. The van der Waals surface area contributed by atoms with Gasteiger partial charge in [-0.1, -0.05) is 35.9 Å². The molecule has 28 heavy (non-hydrogen) atoms. The van der Waals surface area contributed by atoms with Crippen LogP contribution >= 0.6 is 11.6 Å². The van der Waals surface area contributed by atoms with Gasteiger partial charge in [0.2, 0.25) is 5.91 Å². The van der Waals surface area contributed by atoms with Crippen molar-refractivity contribution in [2.24, 2.45) is 0 Å². The van der Waals surface area contributed by atoms with Crippen molar-refractivity contribution < 1.29 is 9.53 Å². The van der Waals surface area contributed by atoms with Crippen molar-refractivity contribution in [3.05, 3.63) is 84.7 Å². The first kappa shape index (κ1) is 19.7. The van der Waals surface area contributed by atoms with Gasteiger partial charge in [-0.25, -0.2) is 4.98 Å². The largest absolute Gasteiger partial charge is 0.486 e. The van der Waals surface area contributed by atoms with E-state index in [0.29, 0.717) is 29.7 Å². The average molecular weight is 396 g/mol. The maximum atomic E-state index is 12.8. The number of amides is 1. The van der Waals surface area contributed by atoms with Crippen LogP contribution in [0.25, 0.3) is 11.0 Å². The average Bonchev–Trinajstić information content (AvgIpc) is 3.05. The van der Waals surface area contributed by atoms with Gasteiger partial charge >= 0.3 is 0 Å². The van der Waals surface area contributed by atoms with Crippen molar-refractivity contribution >= 4 is 28.5 Å². The van der Waals surface area contributed by atoms with Gasteiger partial charge in [-0.15, -0.1) is 13.2 Å². The zero-order valence-electron chi connectivity index (χ0n) is 15.6. The van der Waals surface area contributed by atoms with E-state index in [1.54, 1.807) is 41.3 Å². The predicted octanol–water partition coefficient (Wildman–Crippen LogP) is 4.47. The van der Waals surface area contributed by atoms with Crippen LogP contribution in [-0.4, -0.2) is 33.4 Å². The molecule has 3 aromatic rings. The number of carbonyl (C=O) groups is 1. The van der Waals surface area contributed by atoms with Crippen LogP contribution in [0.1, 0.15) is 5.82 Å². The second-order valence-corrected chi connectivity index (χ2v) is 6.66. The number of rotatable bonds is 9. The van der Waals surface area contributed by atoms with Crippen LogP contribution in [0.2, 0.25) is 5.02 Å². The van der Waals surface area contributed by atoms with E-state index in [9.17, 15) is 4.79 Å². The summed E-state index contributed by atoms with van der Waals surface area (Å²) in [6, 6.07) is 14.9. The van der Waals surface area contributed by atoms with Gasteiger partial charge in [-0.2, -0.15) is 0 Å². The quantitative estimate of drug-likeness (QED) is 0.502. The molecule has 0 N–H and O–H groups in total. The first-order valence-electron chi connectivity index (χ1n) is 8.94. The molecule has 0 radical (unpaired) electrons. The Balaban J connectivity index is 1.85. The minimum absolute atomic E-state index is 0.0318. The molecule has 0 aliphatic carbocycles. The van der Waals surface area contributed by atoms with Crippen LogP contribution in [0.3, 0.4) is 0 Å². The third-order valence-electron chi connectivity index (χ3n) is 4.26. The first-order chi connectivity index (χ1) is 13.6. The molecule has 0 aliphatic rings. The van der Waals surface area contributed by atoms with Gasteiger partial charge in [0.1, 0.15) is 24.7 Å². The molecule has 1 aromatic heterocycles. The molecule has 0 saturated heterocycles. The molecule has 6 heteroatoms. The second kappa shape index (κ2) is 9.24. The number of imidazole rings is 1. The SMILES string of the molecule is C=CCN(CC=C)C(=O)Cn1c(COc2ccc(Cl)cc2)nc2ccccc21. The molecule has 0 fully saturated rings. The number of nitrogens with zero attached hydrogens (tertiary/aromatic N) is 3. The fourth-order valence-corrected chi connectivity index (χ4v) is 3.04. The smallest absolute Gasteiger partial charge is 0.243 e. The Morgan fingerprint density at radius 1 is 1.11 bits per heavy atom. The fourth-order valence-electron chi connectivity index (χ4n) is 2.92. The minimum atomic E-state index is -0.0318. The standard InChI is InChI=1S/C22H22ClN3O2/c1-3-13-25(14-4-2)22(27)15-26-20-8-6-5-7-19(20)24-21(26)16-28-18-11-9-17(23)10-12-18/h3-12H,1-2,13-16H2. The fraction of sp³-hybridized carbons (Fsp3) is 0.182. The zero-order valence-corrected chi connectivity index (χ0v) is 16.3. The van der Waals surface area contributed by atoms with Crippen LogP contribution in [0.4, 0.5) is 0 Å². The number of para-hydroxylation sites is 2. The van der Waals surface area contributed by atoms with Crippen LogP contribution in [-0.2, 0) is 17.9 Å². The highest BCUT2D eigenvalue weighted by Crippen LogP contribution is 2.20. The molecule has 0 spiro atoms. The molecular weight excluding hydrogens is 374 g/mol. The third kappa shape index (κ3) is 4.61. The van der Waals surface area contributed by atoms with Gasteiger partial charge in [-0.05, 0) is 36.4 Å². The van der Waals surface area contributed by atoms with Gasteiger partial charge in [-0.3, -0.25) is 4.79 Å². The zero-order chi connectivity index (χ0) is 19.9. The van der Waals surface area contributed by atoms with Crippen molar-refractivity contribution in [2.75, 3.05) is 13.1 Å². The summed E-state index contributed by atoms with van der Waals surface area (Å²) in [7, 11) is 0. The lowest BCUT2D eigenvalue weighted by Crippen LogP contribution is -2.34. The Morgan fingerprint density at radius 3 is 2.46 bits per heavy atom. The molecule has 0 aliphatic heterocycles. The molecule has 1 heterocycles. The summed E-state index contributed by atoms with van der Waals surface area (Å²) >= 11 is 5.92. The van der Waals surface area contributed by atoms with Crippen molar-refractivity contribution in [3.63, 3.8) is 0 Å². The van der Waals surface area contributed by atoms with Gasteiger partial charge in [0.25, 0.3) is 0 Å². The molecule has 5 nitrogen and oxygen atoms in total. The Kier molecular flexibility index (Phi) is 6.50. The van der Waals surface area contributed by atoms with E-state index >= 15 is 0 Å². The number of ether oxygens (including phenoxy) is 1. The molecule has 144 valence electrons. The molecule has 0 bridgehead atoms. The monoisotopic (exact) mass is 395 g/mol. The van der Waals surface area contributed by atoms with Gasteiger partial charge in [0, 0.05) is 18.1 Å². The van der Waals surface area contributed by atoms with Gasteiger partial charge in [0.05, 0.1) is 11.0 Å².